The van der Waals surface area contributed by atoms with Gasteiger partial charge in [-0.1, -0.05) is 33.8 Å². The summed E-state index contributed by atoms with van der Waals surface area (Å²) in [5.41, 5.74) is 6.94. The summed E-state index contributed by atoms with van der Waals surface area (Å²) in [7, 11) is 1.68. The number of halogens is 1. The number of methoxy groups -OCH3 is 1. The van der Waals surface area contributed by atoms with Gasteiger partial charge in [0.25, 0.3) is 0 Å². The second-order valence-electron chi connectivity index (χ2n) is 4.07. The van der Waals surface area contributed by atoms with Gasteiger partial charge < -0.3 is 10.5 Å². The van der Waals surface area contributed by atoms with Gasteiger partial charge in [0.2, 0.25) is 0 Å². The van der Waals surface area contributed by atoms with Crippen LogP contribution in [0, 0.1) is 0 Å². The molecular weight excluding hydrogens is 322 g/mol. The summed E-state index contributed by atoms with van der Waals surface area (Å²) >= 11 is 5.24. The van der Waals surface area contributed by atoms with Crippen LogP contribution in [0.4, 0.5) is 0 Å². The molecule has 4 heteroatoms. The van der Waals surface area contributed by atoms with E-state index in [1.807, 2.05) is 18.2 Å². The number of hydrogen-bond donors (Lipinski definition) is 1. The van der Waals surface area contributed by atoms with Gasteiger partial charge in [0, 0.05) is 14.3 Å². The maximum absolute atomic E-state index is 5.67. The maximum atomic E-state index is 5.67. The molecule has 0 atom stereocenters. The minimum atomic E-state index is 0.655. The number of benzene rings is 2. The van der Waals surface area contributed by atoms with Crippen LogP contribution in [0.15, 0.2) is 56.7 Å². The molecule has 0 amide bonds. The first-order valence-electron chi connectivity index (χ1n) is 6.03. The summed E-state index contributed by atoms with van der Waals surface area (Å²) < 4.78 is 6.34. The molecule has 2 aromatic rings. The van der Waals surface area contributed by atoms with Crippen molar-refractivity contribution in [2.45, 2.75) is 16.2 Å². The fourth-order valence-electron chi connectivity index (χ4n) is 1.79. The Bertz CT molecular complexity index is 560. The third-order valence-electron chi connectivity index (χ3n) is 2.71. The SMILES string of the molecule is COc1cccc(Sc2ccc(Br)cc2CCN)c1. The Kier molecular flexibility index (Phi) is 5.31. The molecule has 2 nitrogen and oxygen atoms in total. The molecule has 0 bridgehead atoms. The van der Waals surface area contributed by atoms with Crippen LogP contribution in [0.25, 0.3) is 0 Å². The van der Waals surface area contributed by atoms with Crippen LogP contribution in [0.2, 0.25) is 0 Å². The fourth-order valence-corrected chi connectivity index (χ4v) is 3.20. The average Bonchev–Trinajstić information content (AvgIpc) is 2.42. The molecule has 2 aromatic carbocycles. The summed E-state index contributed by atoms with van der Waals surface area (Å²) in [6, 6.07) is 14.4. The standard InChI is InChI=1S/C15H16BrNOS/c1-18-13-3-2-4-14(10-13)19-15-6-5-12(16)9-11(15)7-8-17/h2-6,9-10H,7-8,17H2,1H3. The first kappa shape index (κ1) is 14.4. The summed E-state index contributed by atoms with van der Waals surface area (Å²) in [5, 5.41) is 0. The molecule has 0 aliphatic rings. The normalized spacial score (nSPS) is 10.5. The zero-order valence-electron chi connectivity index (χ0n) is 10.7. The van der Waals surface area contributed by atoms with Crippen molar-refractivity contribution in [1.29, 1.82) is 0 Å². The highest BCUT2D eigenvalue weighted by molar-refractivity contribution is 9.10. The van der Waals surface area contributed by atoms with Gasteiger partial charge in [0.15, 0.2) is 0 Å². The Balaban J connectivity index is 2.26. The van der Waals surface area contributed by atoms with E-state index >= 15 is 0 Å². The summed E-state index contributed by atoms with van der Waals surface area (Å²) in [6.07, 6.45) is 0.881. The second kappa shape index (κ2) is 6.98. The van der Waals surface area contributed by atoms with Gasteiger partial charge in [0.05, 0.1) is 7.11 Å². The summed E-state index contributed by atoms with van der Waals surface area (Å²) in [5.74, 6) is 0.877. The lowest BCUT2D eigenvalue weighted by atomic mass is 10.1. The lowest BCUT2D eigenvalue weighted by Gasteiger charge is -2.10. The largest absolute Gasteiger partial charge is 0.497 e. The molecule has 0 fully saturated rings. The molecule has 0 radical (unpaired) electrons. The molecule has 0 aromatic heterocycles. The van der Waals surface area contributed by atoms with Crippen LogP contribution in [0.1, 0.15) is 5.56 Å². The minimum absolute atomic E-state index is 0.655. The van der Waals surface area contributed by atoms with Crippen molar-refractivity contribution in [3.63, 3.8) is 0 Å². The van der Waals surface area contributed by atoms with Gasteiger partial charge in [-0.15, -0.1) is 0 Å². The highest BCUT2D eigenvalue weighted by Crippen LogP contribution is 2.33. The summed E-state index contributed by atoms with van der Waals surface area (Å²) in [6.45, 7) is 0.655. The lowest BCUT2D eigenvalue weighted by Crippen LogP contribution is -2.03. The molecule has 100 valence electrons. The van der Waals surface area contributed by atoms with E-state index in [-0.39, 0.29) is 0 Å². The molecule has 0 aliphatic heterocycles. The highest BCUT2D eigenvalue weighted by atomic mass is 79.9. The number of hydrogen-bond acceptors (Lipinski definition) is 3. The van der Waals surface area contributed by atoms with E-state index in [9.17, 15) is 0 Å². The molecule has 2 N–H and O–H groups in total. The number of ether oxygens (including phenoxy) is 1. The van der Waals surface area contributed by atoms with E-state index in [0.29, 0.717) is 6.54 Å². The van der Waals surface area contributed by atoms with Crippen molar-refractivity contribution in [3.8, 4) is 5.75 Å². The van der Waals surface area contributed by atoms with Crippen molar-refractivity contribution in [1.82, 2.24) is 0 Å². The van der Waals surface area contributed by atoms with Crippen LogP contribution in [0.3, 0.4) is 0 Å². The Morgan fingerprint density at radius 3 is 2.79 bits per heavy atom. The first-order chi connectivity index (χ1) is 9.22. The molecule has 0 spiro atoms. The van der Waals surface area contributed by atoms with Crippen LogP contribution in [-0.4, -0.2) is 13.7 Å². The Labute approximate surface area is 126 Å². The summed E-state index contributed by atoms with van der Waals surface area (Å²) in [4.78, 5) is 2.40. The Hall–Kier alpha value is -0.970. The second-order valence-corrected chi connectivity index (χ2v) is 6.10. The van der Waals surface area contributed by atoms with Gasteiger partial charge in [-0.05, 0) is 54.9 Å². The molecule has 0 saturated carbocycles. The van der Waals surface area contributed by atoms with Crippen molar-refractivity contribution in [3.05, 3.63) is 52.5 Å². The third-order valence-corrected chi connectivity index (χ3v) is 4.31. The molecular formula is C15H16BrNOS. The maximum Gasteiger partial charge on any atom is 0.119 e. The van der Waals surface area contributed by atoms with Gasteiger partial charge in [-0.2, -0.15) is 0 Å². The zero-order chi connectivity index (χ0) is 13.7. The molecule has 0 saturated heterocycles. The van der Waals surface area contributed by atoms with Gasteiger partial charge in [-0.3, -0.25) is 0 Å². The highest BCUT2D eigenvalue weighted by Gasteiger charge is 2.06. The van der Waals surface area contributed by atoms with Crippen LogP contribution >= 0.6 is 27.7 Å². The molecule has 0 heterocycles. The van der Waals surface area contributed by atoms with E-state index in [0.717, 1.165) is 16.6 Å². The number of rotatable bonds is 5. The lowest BCUT2D eigenvalue weighted by molar-refractivity contribution is 0.413. The van der Waals surface area contributed by atoms with Crippen molar-refractivity contribution in [2.75, 3.05) is 13.7 Å². The third kappa shape index (κ3) is 4.00. The average molecular weight is 338 g/mol. The van der Waals surface area contributed by atoms with Crippen molar-refractivity contribution < 1.29 is 4.74 Å². The minimum Gasteiger partial charge on any atom is -0.497 e. The van der Waals surface area contributed by atoms with Crippen LogP contribution in [0.5, 0.6) is 5.75 Å². The van der Waals surface area contributed by atoms with Gasteiger partial charge in [0.1, 0.15) is 5.75 Å². The number of nitrogens with two attached hydrogens (primary N) is 1. The van der Waals surface area contributed by atoms with Crippen molar-refractivity contribution in [2.24, 2.45) is 5.73 Å². The predicted octanol–water partition coefficient (Wildman–Crippen LogP) is 4.11. The van der Waals surface area contributed by atoms with Gasteiger partial charge >= 0.3 is 0 Å². The Morgan fingerprint density at radius 1 is 1.21 bits per heavy atom. The molecule has 0 unspecified atom stereocenters. The van der Waals surface area contributed by atoms with Crippen molar-refractivity contribution >= 4 is 27.7 Å². The fraction of sp³-hybridized carbons (Fsp3) is 0.200. The topological polar surface area (TPSA) is 35.2 Å². The molecule has 0 aliphatic carbocycles. The van der Waals surface area contributed by atoms with Crippen LogP contribution < -0.4 is 10.5 Å². The zero-order valence-corrected chi connectivity index (χ0v) is 13.1. The first-order valence-corrected chi connectivity index (χ1v) is 7.64. The van der Waals surface area contributed by atoms with E-state index in [1.54, 1.807) is 18.9 Å². The van der Waals surface area contributed by atoms with E-state index in [2.05, 4.69) is 40.2 Å². The Morgan fingerprint density at radius 2 is 2.05 bits per heavy atom. The predicted molar refractivity (Wildman–Crippen MR) is 84.0 cm³/mol. The van der Waals surface area contributed by atoms with E-state index in [4.69, 9.17) is 10.5 Å². The smallest absolute Gasteiger partial charge is 0.119 e. The quantitative estimate of drug-likeness (QED) is 0.891. The van der Waals surface area contributed by atoms with Gasteiger partial charge in [-0.25, -0.2) is 0 Å². The molecule has 19 heavy (non-hydrogen) atoms. The van der Waals surface area contributed by atoms with E-state index in [1.165, 1.54) is 15.4 Å². The van der Waals surface area contributed by atoms with E-state index < -0.39 is 0 Å². The van der Waals surface area contributed by atoms with Crippen LogP contribution in [-0.2, 0) is 6.42 Å². The monoisotopic (exact) mass is 337 g/mol. The molecule has 2 rings (SSSR count).